The second kappa shape index (κ2) is 6.09. The van der Waals surface area contributed by atoms with E-state index in [4.69, 9.17) is 5.73 Å². The summed E-state index contributed by atoms with van der Waals surface area (Å²) in [4.78, 5) is 0.287. The molecule has 104 valence electrons. The van der Waals surface area contributed by atoms with Crippen LogP contribution in [0.15, 0.2) is 11.0 Å². The lowest BCUT2D eigenvalue weighted by molar-refractivity contribution is 0.581. The van der Waals surface area contributed by atoms with Gasteiger partial charge in [-0.2, -0.15) is 0 Å². The molecule has 0 aliphatic rings. The number of nitrogens with one attached hydrogen (secondary N) is 1. The molecule has 0 aromatic heterocycles. The Kier molecular flexibility index (Phi) is 4.98. The highest BCUT2D eigenvalue weighted by molar-refractivity contribution is 7.89. The minimum atomic E-state index is -3.54. The molecule has 0 spiro atoms. The van der Waals surface area contributed by atoms with Crippen molar-refractivity contribution in [3.8, 4) is 11.8 Å². The van der Waals surface area contributed by atoms with E-state index in [0.29, 0.717) is 24.2 Å². The zero-order valence-electron chi connectivity index (χ0n) is 11.8. The first kappa shape index (κ1) is 15.5. The molecule has 0 amide bonds. The summed E-state index contributed by atoms with van der Waals surface area (Å²) in [6.07, 6.45) is 0.495. The predicted molar refractivity (Wildman–Crippen MR) is 78.3 cm³/mol. The van der Waals surface area contributed by atoms with Gasteiger partial charge in [0.05, 0.1) is 4.90 Å². The summed E-state index contributed by atoms with van der Waals surface area (Å²) in [5.41, 5.74) is 8.55. The Morgan fingerprint density at radius 3 is 2.47 bits per heavy atom. The van der Waals surface area contributed by atoms with Crippen LogP contribution in [0, 0.1) is 32.6 Å². The fourth-order valence-corrected chi connectivity index (χ4v) is 3.49. The lowest BCUT2D eigenvalue weighted by atomic mass is 10.1. The van der Waals surface area contributed by atoms with Crippen molar-refractivity contribution in [2.75, 3.05) is 12.3 Å². The molecular formula is C14H20N2O2S. The van der Waals surface area contributed by atoms with Gasteiger partial charge in [0.15, 0.2) is 0 Å². The highest BCUT2D eigenvalue weighted by atomic mass is 32.2. The van der Waals surface area contributed by atoms with Gasteiger partial charge < -0.3 is 5.73 Å². The van der Waals surface area contributed by atoms with Crippen molar-refractivity contribution >= 4 is 15.7 Å². The van der Waals surface area contributed by atoms with Crippen molar-refractivity contribution in [2.24, 2.45) is 0 Å². The van der Waals surface area contributed by atoms with Crippen LogP contribution in [-0.2, 0) is 10.0 Å². The van der Waals surface area contributed by atoms with Gasteiger partial charge in [0.2, 0.25) is 10.0 Å². The number of aryl methyl sites for hydroxylation is 1. The van der Waals surface area contributed by atoms with Crippen LogP contribution < -0.4 is 10.5 Å². The van der Waals surface area contributed by atoms with Crippen LogP contribution in [0.5, 0.6) is 0 Å². The topological polar surface area (TPSA) is 72.2 Å². The van der Waals surface area contributed by atoms with Crippen LogP contribution in [0.25, 0.3) is 0 Å². The van der Waals surface area contributed by atoms with Gasteiger partial charge in [0.1, 0.15) is 0 Å². The van der Waals surface area contributed by atoms with Gasteiger partial charge in [0, 0.05) is 18.7 Å². The second-order valence-electron chi connectivity index (χ2n) is 4.44. The minimum Gasteiger partial charge on any atom is -0.398 e. The van der Waals surface area contributed by atoms with Crippen molar-refractivity contribution in [2.45, 2.75) is 39.0 Å². The van der Waals surface area contributed by atoms with Crippen molar-refractivity contribution in [3.63, 3.8) is 0 Å². The molecule has 0 heterocycles. The molecule has 5 heteroatoms. The molecule has 4 nitrogen and oxygen atoms in total. The molecule has 0 radical (unpaired) electrons. The first-order valence-corrected chi connectivity index (χ1v) is 7.55. The number of anilines is 1. The number of nitrogens with two attached hydrogens (primary N) is 1. The van der Waals surface area contributed by atoms with E-state index in [1.165, 1.54) is 0 Å². The summed E-state index contributed by atoms with van der Waals surface area (Å²) >= 11 is 0. The second-order valence-corrected chi connectivity index (χ2v) is 6.14. The van der Waals surface area contributed by atoms with Crippen LogP contribution in [0.1, 0.15) is 30.0 Å². The average Bonchev–Trinajstić information content (AvgIpc) is 2.32. The van der Waals surface area contributed by atoms with E-state index in [1.807, 2.05) is 6.92 Å². The van der Waals surface area contributed by atoms with Crippen LogP contribution in [0.2, 0.25) is 0 Å². The molecule has 0 fully saturated rings. The van der Waals surface area contributed by atoms with Crippen LogP contribution in [-0.4, -0.2) is 15.0 Å². The maximum absolute atomic E-state index is 12.3. The molecule has 1 rings (SSSR count). The van der Waals surface area contributed by atoms with Crippen LogP contribution in [0.4, 0.5) is 5.69 Å². The third-order valence-electron chi connectivity index (χ3n) is 3.07. The molecule has 0 saturated heterocycles. The van der Waals surface area contributed by atoms with Crippen molar-refractivity contribution in [3.05, 3.63) is 22.8 Å². The van der Waals surface area contributed by atoms with E-state index in [1.54, 1.807) is 26.8 Å². The number of hydrogen-bond donors (Lipinski definition) is 2. The highest BCUT2D eigenvalue weighted by Crippen LogP contribution is 2.27. The Bertz CT molecular complexity index is 611. The normalized spacial score (nSPS) is 10.9. The molecule has 3 N–H and O–H groups in total. The molecule has 0 aliphatic heterocycles. The van der Waals surface area contributed by atoms with E-state index < -0.39 is 10.0 Å². The number of benzene rings is 1. The van der Waals surface area contributed by atoms with E-state index in [-0.39, 0.29) is 4.90 Å². The molecule has 0 aliphatic carbocycles. The largest absolute Gasteiger partial charge is 0.398 e. The smallest absolute Gasteiger partial charge is 0.241 e. The van der Waals surface area contributed by atoms with Gasteiger partial charge in [0.25, 0.3) is 0 Å². The minimum absolute atomic E-state index is 0.287. The molecular weight excluding hydrogens is 260 g/mol. The van der Waals surface area contributed by atoms with Crippen LogP contribution in [0.3, 0.4) is 0 Å². The van der Waals surface area contributed by atoms with Crippen molar-refractivity contribution < 1.29 is 8.42 Å². The Hall–Kier alpha value is -1.51. The van der Waals surface area contributed by atoms with Crippen LogP contribution >= 0.6 is 0 Å². The highest BCUT2D eigenvalue weighted by Gasteiger charge is 2.21. The fourth-order valence-electron chi connectivity index (χ4n) is 1.89. The third kappa shape index (κ3) is 3.49. The van der Waals surface area contributed by atoms with Crippen molar-refractivity contribution in [1.82, 2.24) is 4.72 Å². The van der Waals surface area contributed by atoms with E-state index in [9.17, 15) is 8.42 Å². The van der Waals surface area contributed by atoms with E-state index >= 15 is 0 Å². The zero-order chi connectivity index (χ0) is 14.6. The van der Waals surface area contributed by atoms with E-state index in [0.717, 1.165) is 11.1 Å². The first-order valence-electron chi connectivity index (χ1n) is 6.06. The molecule has 0 atom stereocenters. The Balaban J connectivity index is 3.17. The molecule has 0 saturated carbocycles. The van der Waals surface area contributed by atoms with Gasteiger partial charge >= 0.3 is 0 Å². The average molecular weight is 280 g/mol. The molecule has 0 bridgehead atoms. The zero-order valence-corrected chi connectivity index (χ0v) is 12.6. The van der Waals surface area contributed by atoms with E-state index in [2.05, 4.69) is 16.6 Å². The summed E-state index contributed by atoms with van der Waals surface area (Å²) in [5, 5.41) is 0. The summed E-state index contributed by atoms with van der Waals surface area (Å²) in [6.45, 7) is 7.40. The molecule has 0 unspecified atom stereocenters. The number of sulfonamides is 1. The van der Waals surface area contributed by atoms with Gasteiger partial charge in [-0.15, -0.1) is 11.8 Å². The van der Waals surface area contributed by atoms with Gasteiger partial charge in [-0.1, -0.05) is 0 Å². The molecule has 1 aromatic carbocycles. The first-order chi connectivity index (χ1) is 8.81. The lowest BCUT2D eigenvalue weighted by Gasteiger charge is -2.15. The SMILES string of the molecule is CC#CCCNS(=O)(=O)c1c(C)c(C)cc(N)c1C. The fraction of sp³-hybridized carbons (Fsp3) is 0.429. The summed E-state index contributed by atoms with van der Waals surface area (Å²) in [5.74, 6) is 5.55. The Morgan fingerprint density at radius 2 is 1.89 bits per heavy atom. The van der Waals surface area contributed by atoms with Gasteiger partial charge in [-0.3, -0.25) is 0 Å². The summed E-state index contributed by atoms with van der Waals surface area (Å²) in [6, 6.07) is 1.80. The summed E-state index contributed by atoms with van der Waals surface area (Å²) < 4.78 is 27.2. The maximum Gasteiger partial charge on any atom is 0.241 e. The molecule has 19 heavy (non-hydrogen) atoms. The van der Waals surface area contributed by atoms with Gasteiger partial charge in [-0.25, -0.2) is 13.1 Å². The quantitative estimate of drug-likeness (QED) is 0.502. The number of hydrogen-bond acceptors (Lipinski definition) is 3. The predicted octanol–water partition coefficient (Wildman–Crippen LogP) is 1.89. The standard InChI is InChI=1S/C14H20N2O2S/c1-5-6-7-8-16-19(17,18)14-11(3)10(2)9-13(15)12(14)4/h9,16H,7-8,15H2,1-4H3. The van der Waals surface area contributed by atoms with Gasteiger partial charge in [-0.05, 0) is 50.5 Å². The third-order valence-corrected chi connectivity index (χ3v) is 4.80. The summed E-state index contributed by atoms with van der Waals surface area (Å²) in [7, 11) is -3.54. The number of rotatable bonds is 4. The lowest BCUT2D eigenvalue weighted by Crippen LogP contribution is -2.26. The Morgan fingerprint density at radius 1 is 1.26 bits per heavy atom. The molecule has 1 aromatic rings. The Labute approximate surface area is 115 Å². The number of nitrogen functional groups attached to an aromatic ring is 1. The monoisotopic (exact) mass is 280 g/mol. The van der Waals surface area contributed by atoms with Crippen molar-refractivity contribution in [1.29, 1.82) is 0 Å². The maximum atomic E-state index is 12.3.